The number of hydrogen-bond donors (Lipinski definition) is 2. The van der Waals surface area contributed by atoms with Gasteiger partial charge in [0.05, 0.1) is 6.61 Å². The van der Waals surface area contributed by atoms with Crippen LogP contribution in [-0.4, -0.2) is 24.2 Å². The molecule has 0 unspecified atom stereocenters. The molecule has 0 radical (unpaired) electrons. The number of carbonyl (C=O) groups is 1. The molecule has 1 aromatic rings. The second-order valence-electron chi connectivity index (χ2n) is 3.91. The van der Waals surface area contributed by atoms with E-state index in [0.717, 1.165) is 24.8 Å². The third kappa shape index (κ3) is 6.02. The summed E-state index contributed by atoms with van der Waals surface area (Å²) >= 11 is 0. The number of aliphatic hydroxyl groups excluding tert-OH is 1. The van der Waals surface area contributed by atoms with E-state index in [1.165, 1.54) is 12.1 Å². The molecule has 0 fully saturated rings. The van der Waals surface area contributed by atoms with Crippen molar-refractivity contribution < 1.29 is 14.3 Å². The van der Waals surface area contributed by atoms with Crippen LogP contribution in [0.1, 0.15) is 24.8 Å². The van der Waals surface area contributed by atoms with Gasteiger partial charge in [-0.15, -0.1) is 0 Å². The van der Waals surface area contributed by atoms with Gasteiger partial charge in [0.25, 0.3) is 0 Å². The summed E-state index contributed by atoms with van der Waals surface area (Å²) in [5, 5.41) is 11.1. The highest BCUT2D eigenvalue weighted by atomic mass is 19.1. The van der Waals surface area contributed by atoms with Crippen molar-refractivity contribution in [2.45, 2.75) is 25.7 Å². The van der Waals surface area contributed by atoms with E-state index in [-0.39, 0.29) is 18.3 Å². The third-order valence-corrected chi connectivity index (χ3v) is 2.47. The Hall–Kier alpha value is -1.42. The number of halogens is 1. The van der Waals surface area contributed by atoms with E-state index in [9.17, 15) is 9.18 Å². The SMILES string of the molecule is O=C(CCCCc1ccc(F)cc1)NCCO. The molecular formula is C13H18FNO2. The zero-order valence-electron chi connectivity index (χ0n) is 9.79. The molecule has 0 bridgehead atoms. The summed E-state index contributed by atoms with van der Waals surface area (Å²) < 4.78 is 12.6. The molecule has 1 rings (SSSR count). The number of benzene rings is 1. The minimum absolute atomic E-state index is 0.0265. The second kappa shape index (κ2) is 7.79. The van der Waals surface area contributed by atoms with Gasteiger partial charge in [-0.1, -0.05) is 12.1 Å². The molecule has 0 aliphatic carbocycles. The summed E-state index contributed by atoms with van der Waals surface area (Å²) in [6, 6.07) is 6.43. The third-order valence-electron chi connectivity index (χ3n) is 2.47. The Morgan fingerprint density at radius 1 is 1.24 bits per heavy atom. The lowest BCUT2D eigenvalue weighted by Gasteiger charge is -2.03. The summed E-state index contributed by atoms with van der Waals surface area (Å²) in [6.45, 7) is 0.290. The molecule has 0 aliphatic heterocycles. The monoisotopic (exact) mass is 239 g/mol. The van der Waals surface area contributed by atoms with Crippen LogP contribution >= 0.6 is 0 Å². The molecule has 0 heterocycles. The highest BCUT2D eigenvalue weighted by Gasteiger charge is 2.00. The van der Waals surface area contributed by atoms with Crippen LogP contribution in [0.4, 0.5) is 4.39 Å². The van der Waals surface area contributed by atoms with Crippen molar-refractivity contribution in [2.24, 2.45) is 0 Å². The Labute approximate surface area is 101 Å². The number of nitrogens with one attached hydrogen (secondary N) is 1. The van der Waals surface area contributed by atoms with E-state index in [0.29, 0.717) is 13.0 Å². The van der Waals surface area contributed by atoms with Crippen molar-refractivity contribution in [3.8, 4) is 0 Å². The summed E-state index contributed by atoms with van der Waals surface area (Å²) in [5.74, 6) is -0.254. The normalized spacial score (nSPS) is 10.2. The molecule has 0 atom stereocenters. The van der Waals surface area contributed by atoms with E-state index >= 15 is 0 Å². The maximum Gasteiger partial charge on any atom is 0.220 e. The Bertz CT molecular complexity index is 338. The van der Waals surface area contributed by atoms with Crippen LogP contribution in [0.15, 0.2) is 24.3 Å². The first-order valence-corrected chi connectivity index (χ1v) is 5.84. The number of rotatable bonds is 7. The maximum absolute atomic E-state index is 12.6. The summed E-state index contributed by atoms with van der Waals surface area (Å²) in [5.41, 5.74) is 1.09. The molecule has 0 saturated heterocycles. The van der Waals surface area contributed by atoms with Crippen molar-refractivity contribution in [3.05, 3.63) is 35.6 Å². The topological polar surface area (TPSA) is 49.3 Å². The molecular weight excluding hydrogens is 221 g/mol. The largest absolute Gasteiger partial charge is 0.395 e. The lowest BCUT2D eigenvalue weighted by atomic mass is 10.1. The standard InChI is InChI=1S/C13H18FNO2/c14-12-7-5-11(6-8-12)3-1-2-4-13(17)15-9-10-16/h5-8,16H,1-4,9-10H2,(H,15,17). The number of unbranched alkanes of at least 4 members (excludes halogenated alkanes) is 1. The van der Waals surface area contributed by atoms with Crippen LogP contribution in [0.2, 0.25) is 0 Å². The lowest BCUT2D eigenvalue weighted by molar-refractivity contribution is -0.121. The number of aliphatic hydroxyl groups is 1. The fraction of sp³-hybridized carbons (Fsp3) is 0.462. The Morgan fingerprint density at radius 3 is 2.59 bits per heavy atom. The highest BCUT2D eigenvalue weighted by molar-refractivity contribution is 5.75. The Kier molecular flexibility index (Phi) is 6.25. The van der Waals surface area contributed by atoms with Crippen LogP contribution < -0.4 is 5.32 Å². The Balaban J connectivity index is 2.11. The van der Waals surface area contributed by atoms with Gasteiger partial charge in [0.15, 0.2) is 0 Å². The van der Waals surface area contributed by atoms with E-state index < -0.39 is 0 Å². The van der Waals surface area contributed by atoms with Crippen LogP contribution in [0.5, 0.6) is 0 Å². The van der Waals surface area contributed by atoms with Crippen molar-refractivity contribution in [1.82, 2.24) is 5.32 Å². The van der Waals surface area contributed by atoms with Crippen molar-refractivity contribution in [1.29, 1.82) is 0 Å². The zero-order chi connectivity index (χ0) is 12.5. The minimum Gasteiger partial charge on any atom is -0.395 e. The molecule has 4 heteroatoms. The lowest BCUT2D eigenvalue weighted by Crippen LogP contribution is -2.25. The number of hydrogen-bond acceptors (Lipinski definition) is 2. The molecule has 0 aliphatic rings. The first-order chi connectivity index (χ1) is 8.22. The van der Waals surface area contributed by atoms with Crippen LogP contribution in [0, 0.1) is 5.82 Å². The molecule has 0 aromatic heterocycles. The molecule has 3 nitrogen and oxygen atoms in total. The molecule has 0 saturated carbocycles. The number of carbonyl (C=O) groups excluding carboxylic acids is 1. The predicted molar refractivity (Wildman–Crippen MR) is 64.1 cm³/mol. The molecule has 1 amide bonds. The van der Waals surface area contributed by atoms with Gasteiger partial charge in [-0.3, -0.25) is 4.79 Å². The van der Waals surface area contributed by atoms with Crippen LogP contribution in [-0.2, 0) is 11.2 Å². The van der Waals surface area contributed by atoms with E-state index in [1.807, 2.05) is 0 Å². The van der Waals surface area contributed by atoms with Gasteiger partial charge in [0.2, 0.25) is 5.91 Å². The number of amides is 1. The molecule has 94 valence electrons. The fourth-order valence-electron chi connectivity index (χ4n) is 1.55. The van der Waals surface area contributed by atoms with Gasteiger partial charge >= 0.3 is 0 Å². The van der Waals surface area contributed by atoms with Gasteiger partial charge in [-0.05, 0) is 37.0 Å². The first-order valence-electron chi connectivity index (χ1n) is 5.84. The number of aryl methyl sites for hydroxylation is 1. The summed E-state index contributed by atoms with van der Waals surface area (Å²) in [6.07, 6.45) is 3.03. The van der Waals surface area contributed by atoms with Gasteiger partial charge in [-0.2, -0.15) is 0 Å². The van der Waals surface area contributed by atoms with Crippen LogP contribution in [0.25, 0.3) is 0 Å². The quantitative estimate of drug-likeness (QED) is 0.711. The van der Waals surface area contributed by atoms with E-state index in [2.05, 4.69) is 5.32 Å². The van der Waals surface area contributed by atoms with Crippen LogP contribution in [0.3, 0.4) is 0 Å². The predicted octanol–water partition coefficient (Wildman–Crippen LogP) is 1.65. The zero-order valence-corrected chi connectivity index (χ0v) is 9.79. The fourth-order valence-corrected chi connectivity index (χ4v) is 1.55. The molecule has 17 heavy (non-hydrogen) atoms. The van der Waals surface area contributed by atoms with E-state index in [1.54, 1.807) is 12.1 Å². The first kappa shape index (κ1) is 13.6. The second-order valence-corrected chi connectivity index (χ2v) is 3.91. The Morgan fingerprint density at radius 2 is 1.94 bits per heavy atom. The molecule has 2 N–H and O–H groups in total. The maximum atomic E-state index is 12.6. The van der Waals surface area contributed by atoms with E-state index in [4.69, 9.17) is 5.11 Å². The van der Waals surface area contributed by atoms with Gasteiger partial charge in [-0.25, -0.2) is 4.39 Å². The van der Waals surface area contributed by atoms with Crippen molar-refractivity contribution in [2.75, 3.05) is 13.2 Å². The average molecular weight is 239 g/mol. The average Bonchev–Trinajstić information content (AvgIpc) is 2.34. The van der Waals surface area contributed by atoms with Gasteiger partial charge < -0.3 is 10.4 Å². The smallest absolute Gasteiger partial charge is 0.220 e. The highest BCUT2D eigenvalue weighted by Crippen LogP contribution is 2.07. The van der Waals surface area contributed by atoms with Crippen molar-refractivity contribution in [3.63, 3.8) is 0 Å². The summed E-state index contributed by atoms with van der Waals surface area (Å²) in [7, 11) is 0. The van der Waals surface area contributed by atoms with Gasteiger partial charge in [0.1, 0.15) is 5.82 Å². The molecule has 0 spiro atoms. The minimum atomic E-state index is -0.225. The summed E-state index contributed by atoms with van der Waals surface area (Å²) in [4.78, 5) is 11.2. The van der Waals surface area contributed by atoms with Crippen molar-refractivity contribution >= 4 is 5.91 Å². The molecule has 1 aromatic carbocycles. The van der Waals surface area contributed by atoms with Gasteiger partial charge in [0, 0.05) is 13.0 Å².